The standard InChI is InChI=1S/C19H24N6O/c1-14-10-16(23-22-14)13-24-7-8-25-17(11-21-19(25)15(24)2)5-9-26-18-4-3-6-20-12-18/h3-4,6,10-12,15H,5,7-9,13H2,1-2H3,(H,22,23). The summed E-state index contributed by atoms with van der Waals surface area (Å²) in [4.78, 5) is 11.2. The molecule has 0 fully saturated rings. The number of fused-ring (bicyclic) bond motifs is 1. The molecule has 0 saturated heterocycles. The van der Waals surface area contributed by atoms with Crippen molar-refractivity contribution in [3.05, 3.63) is 59.7 Å². The van der Waals surface area contributed by atoms with Gasteiger partial charge in [-0.15, -0.1) is 0 Å². The lowest BCUT2D eigenvalue weighted by Crippen LogP contribution is -2.37. The summed E-state index contributed by atoms with van der Waals surface area (Å²) in [7, 11) is 0. The Morgan fingerprint density at radius 2 is 2.23 bits per heavy atom. The molecule has 0 saturated carbocycles. The van der Waals surface area contributed by atoms with E-state index in [1.165, 1.54) is 5.69 Å². The molecular weight excluding hydrogens is 328 g/mol. The molecular formula is C19H24N6O. The molecule has 0 spiro atoms. The molecule has 0 amide bonds. The highest BCUT2D eigenvalue weighted by molar-refractivity contribution is 5.16. The van der Waals surface area contributed by atoms with E-state index in [0.29, 0.717) is 6.61 Å². The highest BCUT2D eigenvalue weighted by Crippen LogP contribution is 2.26. The van der Waals surface area contributed by atoms with Gasteiger partial charge in [-0.05, 0) is 32.0 Å². The van der Waals surface area contributed by atoms with Gasteiger partial charge in [0, 0.05) is 49.8 Å². The van der Waals surface area contributed by atoms with Crippen molar-refractivity contribution in [1.82, 2.24) is 29.6 Å². The van der Waals surface area contributed by atoms with Crippen molar-refractivity contribution in [2.45, 2.75) is 39.4 Å². The van der Waals surface area contributed by atoms with E-state index < -0.39 is 0 Å². The Labute approximate surface area is 153 Å². The fraction of sp³-hybridized carbons (Fsp3) is 0.421. The van der Waals surface area contributed by atoms with Crippen LogP contribution in [0.1, 0.15) is 35.9 Å². The molecule has 1 unspecified atom stereocenters. The Bertz CT molecular complexity index is 856. The summed E-state index contributed by atoms with van der Waals surface area (Å²) in [6, 6.07) is 6.19. The zero-order valence-electron chi connectivity index (χ0n) is 15.2. The van der Waals surface area contributed by atoms with Crippen LogP contribution in [-0.2, 0) is 19.5 Å². The summed E-state index contributed by atoms with van der Waals surface area (Å²) in [6.45, 7) is 7.66. The zero-order valence-corrected chi connectivity index (χ0v) is 15.2. The monoisotopic (exact) mass is 352 g/mol. The molecule has 7 heteroatoms. The molecule has 1 atom stereocenters. The first-order valence-corrected chi connectivity index (χ1v) is 9.03. The quantitative estimate of drug-likeness (QED) is 0.738. The molecule has 136 valence electrons. The molecule has 0 bridgehead atoms. The minimum Gasteiger partial charge on any atom is -0.492 e. The van der Waals surface area contributed by atoms with Crippen molar-refractivity contribution in [2.75, 3.05) is 13.2 Å². The third-order valence-electron chi connectivity index (χ3n) is 4.89. The van der Waals surface area contributed by atoms with Crippen LogP contribution < -0.4 is 4.74 Å². The van der Waals surface area contributed by atoms with Gasteiger partial charge in [0.1, 0.15) is 11.6 Å². The first kappa shape index (κ1) is 16.8. The molecule has 26 heavy (non-hydrogen) atoms. The van der Waals surface area contributed by atoms with Crippen LogP contribution in [-0.4, -0.2) is 42.8 Å². The largest absolute Gasteiger partial charge is 0.492 e. The van der Waals surface area contributed by atoms with Crippen LogP contribution in [0.4, 0.5) is 0 Å². The number of aromatic nitrogens is 5. The van der Waals surface area contributed by atoms with Gasteiger partial charge in [-0.25, -0.2) is 4.98 Å². The lowest BCUT2D eigenvalue weighted by molar-refractivity contribution is 0.153. The Morgan fingerprint density at radius 3 is 3.00 bits per heavy atom. The fourth-order valence-electron chi connectivity index (χ4n) is 3.49. The van der Waals surface area contributed by atoms with Crippen LogP contribution in [0.3, 0.4) is 0 Å². The molecule has 4 rings (SSSR count). The molecule has 3 aromatic rings. The van der Waals surface area contributed by atoms with Crippen molar-refractivity contribution in [3.63, 3.8) is 0 Å². The second kappa shape index (κ2) is 7.29. The average Bonchev–Trinajstić information content (AvgIpc) is 3.25. The average molecular weight is 352 g/mol. The molecule has 0 aromatic carbocycles. The van der Waals surface area contributed by atoms with E-state index in [1.54, 1.807) is 12.4 Å². The summed E-state index contributed by atoms with van der Waals surface area (Å²) < 4.78 is 8.11. The van der Waals surface area contributed by atoms with Crippen molar-refractivity contribution in [3.8, 4) is 5.75 Å². The van der Waals surface area contributed by atoms with Crippen LogP contribution in [0.25, 0.3) is 0 Å². The van der Waals surface area contributed by atoms with Gasteiger partial charge in [-0.1, -0.05) is 0 Å². The topological polar surface area (TPSA) is 71.9 Å². The van der Waals surface area contributed by atoms with E-state index in [9.17, 15) is 0 Å². The number of hydrogen-bond acceptors (Lipinski definition) is 5. The Hall–Kier alpha value is -2.67. The van der Waals surface area contributed by atoms with Crippen molar-refractivity contribution < 1.29 is 4.74 Å². The molecule has 4 heterocycles. The van der Waals surface area contributed by atoms with Crippen LogP contribution in [0, 0.1) is 6.92 Å². The van der Waals surface area contributed by atoms with E-state index in [-0.39, 0.29) is 6.04 Å². The van der Waals surface area contributed by atoms with E-state index in [2.05, 4.69) is 42.6 Å². The van der Waals surface area contributed by atoms with Crippen molar-refractivity contribution in [1.29, 1.82) is 0 Å². The number of aryl methyl sites for hydroxylation is 1. The number of nitrogens with zero attached hydrogens (tertiary/aromatic N) is 5. The number of rotatable bonds is 6. The van der Waals surface area contributed by atoms with Gasteiger partial charge in [-0.2, -0.15) is 5.10 Å². The molecule has 7 nitrogen and oxygen atoms in total. The number of pyridine rings is 1. The van der Waals surface area contributed by atoms with Gasteiger partial charge in [0.15, 0.2) is 0 Å². The summed E-state index contributed by atoms with van der Waals surface area (Å²) in [5, 5.41) is 7.38. The Balaban J connectivity index is 1.39. The maximum atomic E-state index is 5.77. The minimum absolute atomic E-state index is 0.272. The molecule has 0 aliphatic carbocycles. The van der Waals surface area contributed by atoms with E-state index in [4.69, 9.17) is 4.74 Å². The van der Waals surface area contributed by atoms with Crippen molar-refractivity contribution >= 4 is 0 Å². The first-order chi connectivity index (χ1) is 12.7. The summed E-state index contributed by atoms with van der Waals surface area (Å²) in [6.07, 6.45) is 6.31. The van der Waals surface area contributed by atoms with Crippen molar-refractivity contribution in [2.24, 2.45) is 0 Å². The third-order valence-corrected chi connectivity index (χ3v) is 4.89. The van der Waals surface area contributed by atoms with Gasteiger partial charge in [0.2, 0.25) is 0 Å². The maximum Gasteiger partial charge on any atom is 0.137 e. The normalized spacial score (nSPS) is 17.2. The number of nitrogens with one attached hydrogen (secondary N) is 1. The number of aromatic amines is 1. The smallest absolute Gasteiger partial charge is 0.137 e. The van der Waals surface area contributed by atoms with Crippen LogP contribution in [0.15, 0.2) is 36.8 Å². The fourth-order valence-corrected chi connectivity index (χ4v) is 3.49. The lowest BCUT2D eigenvalue weighted by atomic mass is 10.2. The van der Waals surface area contributed by atoms with E-state index in [0.717, 1.165) is 49.0 Å². The summed E-state index contributed by atoms with van der Waals surface area (Å²) in [5.41, 5.74) is 3.41. The maximum absolute atomic E-state index is 5.77. The molecule has 1 aliphatic rings. The summed E-state index contributed by atoms with van der Waals surface area (Å²) >= 11 is 0. The lowest BCUT2D eigenvalue weighted by Gasteiger charge is -2.33. The number of H-pyrrole nitrogens is 1. The second-order valence-corrected chi connectivity index (χ2v) is 6.74. The Morgan fingerprint density at radius 1 is 1.31 bits per heavy atom. The number of hydrogen-bond donors (Lipinski definition) is 1. The zero-order chi connectivity index (χ0) is 17.9. The van der Waals surface area contributed by atoms with Gasteiger partial charge >= 0.3 is 0 Å². The molecule has 3 aromatic heterocycles. The van der Waals surface area contributed by atoms with Crippen LogP contribution >= 0.6 is 0 Å². The van der Waals surface area contributed by atoms with Gasteiger partial charge in [0.05, 0.1) is 24.5 Å². The predicted molar refractivity (Wildman–Crippen MR) is 97.8 cm³/mol. The highest BCUT2D eigenvalue weighted by atomic mass is 16.5. The third kappa shape index (κ3) is 3.48. The second-order valence-electron chi connectivity index (χ2n) is 6.74. The first-order valence-electron chi connectivity index (χ1n) is 9.03. The van der Waals surface area contributed by atoms with E-state index in [1.807, 2.05) is 25.3 Å². The molecule has 1 aliphatic heterocycles. The van der Waals surface area contributed by atoms with Gasteiger partial charge < -0.3 is 9.30 Å². The number of ether oxygens (including phenoxy) is 1. The van der Waals surface area contributed by atoms with Gasteiger partial charge in [0.25, 0.3) is 0 Å². The Kier molecular flexibility index (Phi) is 4.71. The van der Waals surface area contributed by atoms with Crippen LogP contribution in [0.5, 0.6) is 5.75 Å². The summed E-state index contributed by atoms with van der Waals surface area (Å²) in [5.74, 6) is 1.93. The highest BCUT2D eigenvalue weighted by Gasteiger charge is 2.27. The molecule has 1 N–H and O–H groups in total. The van der Waals surface area contributed by atoms with Gasteiger partial charge in [-0.3, -0.25) is 15.0 Å². The number of imidazole rings is 1. The van der Waals surface area contributed by atoms with E-state index >= 15 is 0 Å². The minimum atomic E-state index is 0.272. The van der Waals surface area contributed by atoms with Crippen LogP contribution in [0.2, 0.25) is 0 Å². The predicted octanol–water partition coefficient (Wildman–Crippen LogP) is 2.51. The molecule has 0 radical (unpaired) electrons. The SMILES string of the molecule is Cc1cc(CN2CCn3c(CCOc4cccnc4)cnc3C2C)n[nH]1.